The molecule has 1 heterocycles. The average molecular weight is 214 g/mol. The molecule has 0 bridgehead atoms. The number of hydrogen-bond acceptors (Lipinski definition) is 2. The molecule has 0 saturated carbocycles. The van der Waals surface area contributed by atoms with Gasteiger partial charge in [0.25, 0.3) is 0 Å². The predicted octanol–water partition coefficient (Wildman–Crippen LogP) is 2.16. The molecule has 76 valence electrons. The lowest BCUT2D eigenvalue weighted by molar-refractivity contribution is 0.0697. The number of nitrogens with one attached hydrogen (secondary N) is 1. The summed E-state index contributed by atoms with van der Waals surface area (Å²) in [7, 11) is 0. The molecule has 0 aromatic heterocycles. The van der Waals surface area contributed by atoms with Crippen LogP contribution < -0.4 is 5.32 Å². The van der Waals surface area contributed by atoms with Crippen molar-refractivity contribution < 1.29 is 9.90 Å². The van der Waals surface area contributed by atoms with Gasteiger partial charge in [-0.25, -0.2) is 4.79 Å². The van der Waals surface area contributed by atoms with E-state index in [0.29, 0.717) is 5.56 Å². The number of halogens is 1. The minimum atomic E-state index is -0.866. The van der Waals surface area contributed by atoms with Crippen LogP contribution in [-0.2, 0) is 6.42 Å². The first-order chi connectivity index (χ1) is 6.27. The summed E-state index contributed by atoms with van der Waals surface area (Å²) in [4.78, 5) is 10.7. The van der Waals surface area contributed by atoms with Gasteiger partial charge in [-0.05, 0) is 30.5 Å². The largest absolute Gasteiger partial charge is 0.478 e. The summed E-state index contributed by atoms with van der Waals surface area (Å²) in [5.74, 6) is -0.866. The number of carboxylic acids is 1. The number of aryl methyl sites for hydroxylation is 1. The first-order valence-corrected chi connectivity index (χ1v) is 4.37. The standard InChI is InChI=1S/C10H11NO2.ClH/c12-10(13)8-4-3-7-2-1-5-11-9(7)6-8;/h3-4,6,11H,1-2,5H2,(H,12,13);1H. The third-order valence-electron chi connectivity index (χ3n) is 2.30. The van der Waals surface area contributed by atoms with Gasteiger partial charge < -0.3 is 10.4 Å². The molecule has 14 heavy (non-hydrogen) atoms. The van der Waals surface area contributed by atoms with E-state index in [1.807, 2.05) is 6.07 Å². The van der Waals surface area contributed by atoms with Crippen LogP contribution in [0.2, 0.25) is 0 Å². The normalized spacial score (nSPS) is 13.4. The monoisotopic (exact) mass is 213 g/mol. The first kappa shape index (κ1) is 10.9. The fraction of sp³-hybridized carbons (Fsp3) is 0.300. The van der Waals surface area contributed by atoms with Crippen LogP contribution in [0.3, 0.4) is 0 Å². The summed E-state index contributed by atoms with van der Waals surface area (Å²) >= 11 is 0. The van der Waals surface area contributed by atoms with Crippen molar-refractivity contribution in [2.24, 2.45) is 0 Å². The van der Waals surface area contributed by atoms with E-state index in [4.69, 9.17) is 5.11 Å². The third kappa shape index (κ3) is 1.99. The summed E-state index contributed by atoms with van der Waals surface area (Å²) in [6.45, 7) is 0.941. The second kappa shape index (κ2) is 4.33. The topological polar surface area (TPSA) is 49.3 Å². The van der Waals surface area contributed by atoms with Crippen molar-refractivity contribution in [1.29, 1.82) is 0 Å². The molecule has 1 aromatic rings. The van der Waals surface area contributed by atoms with E-state index in [2.05, 4.69) is 5.32 Å². The van der Waals surface area contributed by atoms with Crippen molar-refractivity contribution in [3.63, 3.8) is 0 Å². The molecule has 0 amide bonds. The summed E-state index contributed by atoms with van der Waals surface area (Å²) < 4.78 is 0. The number of carboxylic acid groups (broad SMARTS) is 1. The molecule has 0 radical (unpaired) electrons. The zero-order valence-corrected chi connectivity index (χ0v) is 8.43. The van der Waals surface area contributed by atoms with E-state index < -0.39 is 5.97 Å². The first-order valence-electron chi connectivity index (χ1n) is 4.37. The Morgan fingerprint density at radius 1 is 1.43 bits per heavy atom. The number of anilines is 1. The van der Waals surface area contributed by atoms with Gasteiger partial charge in [0, 0.05) is 12.2 Å². The zero-order valence-electron chi connectivity index (χ0n) is 7.62. The summed E-state index contributed by atoms with van der Waals surface area (Å²) in [6, 6.07) is 5.26. The number of carbonyl (C=O) groups is 1. The number of aromatic carboxylic acids is 1. The van der Waals surface area contributed by atoms with Crippen LogP contribution in [0.25, 0.3) is 0 Å². The molecule has 2 N–H and O–H groups in total. The Bertz CT molecular complexity index is 352. The number of fused-ring (bicyclic) bond motifs is 1. The number of rotatable bonds is 1. The molecule has 0 atom stereocenters. The molecule has 2 rings (SSSR count). The van der Waals surface area contributed by atoms with Gasteiger partial charge in [-0.1, -0.05) is 6.07 Å². The minimum Gasteiger partial charge on any atom is -0.478 e. The molecule has 0 fully saturated rings. The lowest BCUT2D eigenvalue weighted by atomic mass is 10.0. The molecular weight excluding hydrogens is 202 g/mol. The molecule has 0 aliphatic carbocycles. The van der Waals surface area contributed by atoms with Crippen molar-refractivity contribution in [3.8, 4) is 0 Å². The second-order valence-corrected chi connectivity index (χ2v) is 3.21. The Labute approximate surface area is 88.5 Å². The van der Waals surface area contributed by atoms with Gasteiger partial charge in [-0.2, -0.15) is 0 Å². The lowest BCUT2D eigenvalue weighted by Gasteiger charge is -2.17. The number of hydrogen-bond donors (Lipinski definition) is 2. The van der Waals surface area contributed by atoms with E-state index in [0.717, 1.165) is 25.1 Å². The predicted molar refractivity (Wildman–Crippen MR) is 57.5 cm³/mol. The van der Waals surface area contributed by atoms with E-state index in [1.165, 1.54) is 5.56 Å². The Morgan fingerprint density at radius 3 is 2.93 bits per heavy atom. The van der Waals surface area contributed by atoms with Crippen LogP contribution in [0, 0.1) is 0 Å². The van der Waals surface area contributed by atoms with Crippen molar-refractivity contribution in [2.45, 2.75) is 12.8 Å². The van der Waals surface area contributed by atoms with Gasteiger partial charge >= 0.3 is 5.97 Å². The van der Waals surface area contributed by atoms with Gasteiger partial charge in [0.05, 0.1) is 5.56 Å². The van der Waals surface area contributed by atoms with Gasteiger partial charge in [0.2, 0.25) is 0 Å². The molecular formula is C10H12ClNO2. The molecule has 0 unspecified atom stereocenters. The number of benzene rings is 1. The van der Waals surface area contributed by atoms with Crippen LogP contribution in [0.15, 0.2) is 18.2 Å². The van der Waals surface area contributed by atoms with Crippen LogP contribution in [0.5, 0.6) is 0 Å². The van der Waals surface area contributed by atoms with Crippen molar-refractivity contribution in [2.75, 3.05) is 11.9 Å². The van der Waals surface area contributed by atoms with Crippen molar-refractivity contribution >= 4 is 24.1 Å². The van der Waals surface area contributed by atoms with E-state index in [9.17, 15) is 4.79 Å². The second-order valence-electron chi connectivity index (χ2n) is 3.21. The van der Waals surface area contributed by atoms with Crippen LogP contribution in [0.1, 0.15) is 22.3 Å². The Balaban J connectivity index is 0.000000980. The Kier molecular flexibility index (Phi) is 3.36. The highest BCUT2D eigenvalue weighted by Crippen LogP contribution is 2.22. The Hall–Kier alpha value is -1.22. The van der Waals surface area contributed by atoms with Crippen LogP contribution in [-0.4, -0.2) is 17.6 Å². The van der Waals surface area contributed by atoms with Gasteiger partial charge in [-0.3, -0.25) is 0 Å². The van der Waals surface area contributed by atoms with Gasteiger partial charge in [0.1, 0.15) is 0 Å². The maximum absolute atomic E-state index is 10.7. The van der Waals surface area contributed by atoms with E-state index >= 15 is 0 Å². The lowest BCUT2D eigenvalue weighted by Crippen LogP contribution is -2.12. The SMILES string of the molecule is Cl.O=C(O)c1ccc2c(c1)NCCC2. The maximum atomic E-state index is 10.7. The zero-order chi connectivity index (χ0) is 9.26. The van der Waals surface area contributed by atoms with E-state index in [-0.39, 0.29) is 12.4 Å². The maximum Gasteiger partial charge on any atom is 0.335 e. The van der Waals surface area contributed by atoms with Gasteiger partial charge in [-0.15, -0.1) is 12.4 Å². The molecule has 1 aromatic carbocycles. The highest BCUT2D eigenvalue weighted by molar-refractivity contribution is 5.89. The molecule has 1 aliphatic rings. The highest BCUT2D eigenvalue weighted by atomic mass is 35.5. The van der Waals surface area contributed by atoms with Crippen LogP contribution >= 0.6 is 12.4 Å². The Morgan fingerprint density at radius 2 is 2.21 bits per heavy atom. The molecule has 1 aliphatic heterocycles. The molecule has 0 saturated heterocycles. The molecule has 3 nitrogen and oxygen atoms in total. The third-order valence-corrected chi connectivity index (χ3v) is 2.30. The van der Waals surface area contributed by atoms with Crippen molar-refractivity contribution in [1.82, 2.24) is 0 Å². The summed E-state index contributed by atoms with van der Waals surface area (Å²) in [6.07, 6.45) is 2.17. The smallest absolute Gasteiger partial charge is 0.335 e. The fourth-order valence-electron chi connectivity index (χ4n) is 1.59. The minimum absolute atomic E-state index is 0. The highest BCUT2D eigenvalue weighted by Gasteiger charge is 2.10. The molecule has 0 spiro atoms. The summed E-state index contributed by atoms with van der Waals surface area (Å²) in [5, 5.41) is 12.0. The average Bonchev–Trinajstić information content (AvgIpc) is 2.17. The fourth-order valence-corrected chi connectivity index (χ4v) is 1.59. The quantitative estimate of drug-likeness (QED) is 0.752. The van der Waals surface area contributed by atoms with Crippen LogP contribution in [0.4, 0.5) is 5.69 Å². The molecule has 4 heteroatoms. The van der Waals surface area contributed by atoms with E-state index in [1.54, 1.807) is 12.1 Å². The van der Waals surface area contributed by atoms with Crippen molar-refractivity contribution in [3.05, 3.63) is 29.3 Å². The summed E-state index contributed by atoms with van der Waals surface area (Å²) in [5.41, 5.74) is 2.55. The van der Waals surface area contributed by atoms with Gasteiger partial charge in [0.15, 0.2) is 0 Å².